The Hall–Kier alpha value is -2.41. The lowest BCUT2D eigenvalue weighted by Gasteiger charge is -2.33. The zero-order chi connectivity index (χ0) is 25.6. The third-order valence-electron chi connectivity index (χ3n) is 6.19. The van der Waals surface area contributed by atoms with Crippen LogP contribution in [0.1, 0.15) is 71.3 Å². The summed E-state index contributed by atoms with van der Waals surface area (Å²) in [5.41, 5.74) is 3.06. The summed E-state index contributed by atoms with van der Waals surface area (Å²) in [7, 11) is 1.71. The molecule has 2 rings (SSSR count). The summed E-state index contributed by atoms with van der Waals surface area (Å²) in [6.45, 7) is 8.60. The number of hydrogen-bond acceptors (Lipinski definition) is 5. The van der Waals surface area contributed by atoms with E-state index in [1.165, 1.54) is 12.8 Å². The second-order valence-electron chi connectivity index (χ2n) is 9.20. The number of piperidine rings is 1. The van der Waals surface area contributed by atoms with E-state index in [0.717, 1.165) is 61.2 Å². The number of phenols is 1. The van der Waals surface area contributed by atoms with Crippen molar-refractivity contribution in [2.75, 3.05) is 26.7 Å². The van der Waals surface area contributed by atoms with E-state index in [2.05, 4.69) is 38.1 Å². The molecule has 1 aromatic rings. The average molecular weight is 546 g/mol. The number of aromatic hydroxyl groups is 1. The zero-order valence-corrected chi connectivity index (χ0v) is 23.3. The number of allylic oxidation sites excluding steroid dienone is 4. The summed E-state index contributed by atoms with van der Waals surface area (Å²) >= 11 is 3.50. The van der Waals surface area contributed by atoms with Gasteiger partial charge in [0.25, 0.3) is 0 Å². The molecule has 1 unspecified atom stereocenters. The second kappa shape index (κ2) is 15.6. The number of carbonyl (C=O) groups is 1. The highest BCUT2D eigenvalue weighted by atomic mass is 79.9. The van der Waals surface area contributed by atoms with E-state index in [1.54, 1.807) is 25.4 Å². The van der Waals surface area contributed by atoms with E-state index in [9.17, 15) is 9.90 Å². The lowest BCUT2D eigenvalue weighted by molar-refractivity contribution is -0.133. The third-order valence-corrected chi connectivity index (χ3v) is 6.97. The number of carbonyl (C=O) groups excluding carboxylic acids is 1. The predicted molar refractivity (Wildman–Crippen MR) is 151 cm³/mol. The number of benzene rings is 1. The van der Waals surface area contributed by atoms with Crippen molar-refractivity contribution >= 4 is 33.8 Å². The maximum atomic E-state index is 12.6. The molecule has 35 heavy (non-hydrogen) atoms. The Labute approximate surface area is 219 Å². The number of aliphatic imine (C=N–C) groups is 2. The van der Waals surface area contributed by atoms with Crippen molar-refractivity contribution in [3.63, 3.8) is 0 Å². The normalized spacial score (nSPS) is 18.1. The van der Waals surface area contributed by atoms with Gasteiger partial charge in [-0.15, -0.1) is 0 Å². The minimum absolute atomic E-state index is 0.184. The molecule has 1 fully saturated rings. The van der Waals surface area contributed by atoms with Crippen molar-refractivity contribution in [2.45, 2.75) is 65.7 Å². The van der Waals surface area contributed by atoms with Crippen LogP contribution >= 0.6 is 15.9 Å². The van der Waals surface area contributed by atoms with Crippen LogP contribution in [0.2, 0.25) is 0 Å². The van der Waals surface area contributed by atoms with E-state index >= 15 is 0 Å². The van der Waals surface area contributed by atoms with Gasteiger partial charge in [-0.1, -0.05) is 38.3 Å². The van der Waals surface area contributed by atoms with Gasteiger partial charge in [0.1, 0.15) is 5.75 Å². The topological polar surface area (TPSA) is 77.3 Å². The molecule has 1 saturated heterocycles. The van der Waals surface area contributed by atoms with Crippen LogP contribution in [0, 0.1) is 5.92 Å². The van der Waals surface area contributed by atoms with E-state index in [4.69, 9.17) is 4.99 Å². The molecule has 0 spiro atoms. The number of hydrogen-bond donors (Lipinski definition) is 2. The Morgan fingerprint density at radius 3 is 2.74 bits per heavy atom. The van der Waals surface area contributed by atoms with Gasteiger partial charge in [-0.25, -0.2) is 0 Å². The van der Waals surface area contributed by atoms with Crippen molar-refractivity contribution in [2.24, 2.45) is 15.9 Å². The van der Waals surface area contributed by atoms with Gasteiger partial charge in [-0.05, 0) is 73.2 Å². The predicted octanol–water partition coefficient (Wildman–Crippen LogP) is 6.21. The average Bonchev–Trinajstić information content (AvgIpc) is 2.85. The first-order valence-corrected chi connectivity index (χ1v) is 13.5. The van der Waals surface area contributed by atoms with Crippen LogP contribution in [-0.4, -0.2) is 54.5 Å². The Morgan fingerprint density at radius 1 is 1.26 bits per heavy atom. The Balaban J connectivity index is 2.07. The summed E-state index contributed by atoms with van der Waals surface area (Å²) in [5, 5.41) is 14.0. The number of phenolic OH excluding ortho intramolecular Hbond substituents is 1. The third kappa shape index (κ3) is 10.0. The molecule has 0 saturated carbocycles. The maximum absolute atomic E-state index is 12.6. The first-order valence-electron chi connectivity index (χ1n) is 12.7. The van der Waals surface area contributed by atoms with Crippen LogP contribution in [0.25, 0.3) is 0 Å². The highest BCUT2D eigenvalue weighted by Gasteiger charge is 2.23. The number of rotatable bonds is 12. The fraction of sp³-hybridized carbons (Fsp3) is 0.536. The molecule has 1 aliphatic heterocycles. The van der Waals surface area contributed by atoms with Crippen LogP contribution in [-0.2, 0) is 4.79 Å². The summed E-state index contributed by atoms with van der Waals surface area (Å²) in [4.78, 5) is 23.5. The zero-order valence-electron chi connectivity index (χ0n) is 21.7. The van der Waals surface area contributed by atoms with Crippen LogP contribution in [0.4, 0.5) is 0 Å². The first-order chi connectivity index (χ1) is 16.8. The van der Waals surface area contributed by atoms with Gasteiger partial charge >= 0.3 is 0 Å². The Bertz CT molecular complexity index is 952. The van der Waals surface area contributed by atoms with Crippen molar-refractivity contribution in [3.8, 4) is 5.75 Å². The van der Waals surface area contributed by atoms with Crippen molar-refractivity contribution in [1.29, 1.82) is 0 Å². The largest absolute Gasteiger partial charge is 0.507 e. The minimum Gasteiger partial charge on any atom is -0.507 e. The standard InChI is InChI=1S/C28H41BrN4O2/c1-5-6-7-8-15-28(35)33-16-11-12-23(20-33)18-31-21(2)17-26(24-13-9-10-14-27(24)34)32-22(3)25(29)19-30-4/h9-10,13-14,17,19,23,31,34H,5-8,11-12,15-16,18,20H2,1-4H3/b21-17+,25-22-,30-19?,32-26-. The lowest BCUT2D eigenvalue weighted by Crippen LogP contribution is -2.42. The molecule has 0 bridgehead atoms. The molecule has 7 heteroatoms. The van der Waals surface area contributed by atoms with Crippen molar-refractivity contribution < 1.29 is 9.90 Å². The first kappa shape index (κ1) is 28.8. The molecule has 1 aliphatic rings. The molecule has 0 aliphatic carbocycles. The van der Waals surface area contributed by atoms with Gasteiger partial charge in [-0.3, -0.25) is 14.8 Å². The number of nitrogens with zero attached hydrogens (tertiary/aromatic N) is 3. The van der Waals surface area contributed by atoms with Gasteiger partial charge in [0.15, 0.2) is 0 Å². The molecule has 1 heterocycles. The van der Waals surface area contributed by atoms with Gasteiger partial charge < -0.3 is 15.3 Å². The number of amides is 1. The van der Waals surface area contributed by atoms with Crippen molar-refractivity contribution in [3.05, 3.63) is 51.8 Å². The van der Waals surface area contributed by atoms with Crippen LogP contribution in [0.3, 0.4) is 0 Å². The molecular formula is C28H41BrN4O2. The van der Waals surface area contributed by atoms with Gasteiger partial charge in [0.2, 0.25) is 5.91 Å². The molecule has 1 aromatic carbocycles. The second-order valence-corrected chi connectivity index (χ2v) is 10.1. The van der Waals surface area contributed by atoms with Gasteiger partial charge in [-0.2, -0.15) is 0 Å². The van der Waals surface area contributed by atoms with Crippen LogP contribution in [0.5, 0.6) is 5.75 Å². The lowest BCUT2D eigenvalue weighted by atomic mass is 9.97. The number of likely N-dealkylation sites (tertiary alicyclic amines) is 1. The van der Waals surface area contributed by atoms with Crippen LogP contribution in [0.15, 0.2) is 56.2 Å². The molecule has 0 radical (unpaired) electrons. The molecular weight excluding hydrogens is 504 g/mol. The fourth-order valence-electron chi connectivity index (χ4n) is 4.18. The van der Waals surface area contributed by atoms with Crippen molar-refractivity contribution in [1.82, 2.24) is 10.2 Å². The summed E-state index contributed by atoms with van der Waals surface area (Å²) < 4.78 is 0.786. The van der Waals surface area contributed by atoms with Crippen LogP contribution < -0.4 is 5.32 Å². The summed E-state index contributed by atoms with van der Waals surface area (Å²) in [6, 6.07) is 7.21. The van der Waals surface area contributed by atoms with E-state index in [0.29, 0.717) is 29.5 Å². The van der Waals surface area contributed by atoms with E-state index in [1.807, 2.05) is 32.1 Å². The highest BCUT2D eigenvalue weighted by Crippen LogP contribution is 2.21. The molecule has 1 atom stereocenters. The minimum atomic E-state index is 0.184. The molecule has 192 valence electrons. The molecule has 1 amide bonds. The fourth-order valence-corrected chi connectivity index (χ4v) is 4.48. The Kier molecular flexibility index (Phi) is 12.8. The van der Waals surface area contributed by atoms with E-state index < -0.39 is 0 Å². The smallest absolute Gasteiger partial charge is 0.222 e. The highest BCUT2D eigenvalue weighted by molar-refractivity contribution is 9.12. The van der Waals surface area contributed by atoms with Gasteiger partial charge in [0, 0.05) is 50.6 Å². The molecule has 6 nitrogen and oxygen atoms in total. The number of nitrogens with one attached hydrogen (secondary N) is 1. The quantitative estimate of drug-likeness (QED) is 0.242. The monoisotopic (exact) mass is 544 g/mol. The summed E-state index contributed by atoms with van der Waals surface area (Å²) in [6.07, 6.45) is 11.0. The SMILES string of the molecule is CCCCCCC(=O)N1CCCC(CN/C(C)=C/C(=N/C(C)=C(\Br)C=NC)c2ccccc2O)C1. The number of unbranched alkanes of at least 4 members (excludes halogenated alkanes) is 3. The number of para-hydroxylation sites is 1. The maximum Gasteiger partial charge on any atom is 0.222 e. The summed E-state index contributed by atoms with van der Waals surface area (Å²) in [5.74, 6) is 0.910. The van der Waals surface area contributed by atoms with E-state index in [-0.39, 0.29) is 5.75 Å². The number of halogens is 1. The van der Waals surface area contributed by atoms with Gasteiger partial charge in [0.05, 0.1) is 15.9 Å². The molecule has 0 aromatic heterocycles. The molecule has 2 N–H and O–H groups in total. The Morgan fingerprint density at radius 2 is 2.03 bits per heavy atom.